The molecule has 1 atom stereocenters. The predicted octanol–water partition coefficient (Wildman–Crippen LogP) is 5.97. The lowest BCUT2D eigenvalue weighted by Crippen LogP contribution is -2.37. The number of ketones is 1. The number of thiazole rings is 1. The Hall–Kier alpha value is -3.35. The van der Waals surface area contributed by atoms with Gasteiger partial charge < -0.3 is 4.74 Å². The highest BCUT2D eigenvalue weighted by Gasteiger charge is 2.27. The van der Waals surface area contributed by atoms with Gasteiger partial charge in [0.25, 0.3) is 5.91 Å². The average molecular weight is 471 g/mol. The van der Waals surface area contributed by atoms with E-state index in [1.165, 1.54) is 16.9 Å². The van der Waals surface area contributed by atoms with E-state index in [4.69, 9.17) is 9.72 Å². The minimum Gasteiger partial charge on any atom is -0.376 e. The van der Waals surface area contributed by atoms with Gasteiger partial charge in [0.1, 0.15) is 0 Å². The lowest BCUT2D eigenvalue weighted by atomic mass is 10.0. The first-order valence-corrected chi connectivity index (χ1v) is 12.3. The van der Waals surface area contributed by atoms with Crippen LogP contribution in [0, 0.1) is 13.8 Å². The summed E-state index contributed by atoms with van der Waals surface area (Å²) in [4.78, 5) is 33.0. The minimum atomic E-state index is -0.136. The van der Waals surface area contributed by atoms with Crippen LogP contribution < -0.4 is 4.90 Å². The number of carbonyl (C=O) groups is 2. The second kappa shape index (κ2) is 9.49. The molecular weight excluding hydrogens is 444 g/mol. The SMILES string of the molecule is Cc1cc(C)c2nc(N(CC3CCCO3)C(=O)c3ccc(C(=O)c4ccccc4)cc3)sc2c1. The molecule has 1 amide bonds. The Morgan fingerprint density at radius 2 is 1.71 bits per heavy atom. The number of aryl methyl sites for hydroxylation is 2. The molecule has 0 radical (unpaired) electrons. The Bertz CT molecular complexity index is 1340. The lowest BCUT2D eigenvalue weighted by molar-refractivity contribution is 0.0917. The third kappa shape index (κ3) is 4.52. The van der Waals surface area contributed by atoms with Crippen molar-refractivity contribution in [3.63, 3.8) is 0 Å². The number of aromatic nitrogens is 1. The molecule has 5 rings (SSSR count). The summed E-state index contributed by atoms with van der Waals surface area (Å²) in [6, 6.07) is 20.3. The highest BCUT2D eigenvalue weighted by molar-refractivity contribution is 7.22. The molecule has 34 heavy (non-hydrogen) atoms. The first-order chi connectivity index (χ1) is 16.5. The largest absolute Gasteiger partial charge is 0.376 e. The van der Waals surface area contributed by atoms with Gasteiger partial charge in [-0.3, -0.25) is 14.5 Å². The molecular formula is C28H26N2O3S. The number of hydrogen-bond acceptors (Lipinski definition) is 5. The molecule has 0 spiro atoms. The average Bonchev–Trinajstić information content (AvgIpc) is 3.52. The summed E-state index contributed by atoms with van der Waals surface area (Å²) in [7, 11) is 0. The second-order valence-corrected chi connectivity index (χ2v) is 9.76. The van der Waals surface area contributed by atoms with Gasteiger partial charge in [-0.25, -0.2) is 4.98 Å². The van der Waals surface area contributed by atoms with Crippen LogP contribution in [0.2, 0.25) is 0 Å². The van der Waals surface area contributed by atoms with E-state index >= 15 is 0 Å². The van der Waals surface area contributed by atoms with E-state index in [9.17, 15) is 9.59 Å². The van der Waals surface area contributed by atoms with E-state index in [1.807, 2.05) is 25.1 Å². The normalized spacial score (nSPS) is 15.5. The summed E-state index contributed by atoms with van der Waals surface area (Å²) in [5.74, 6) is -0.199. The molecule has 3 aromatic carbocycles. The number of fused-ring (bicyclic) bond motifs is 1. The van der Waals surface area contributed by atoms with Gasteiger partial charge in [0.05, 0.1) is 22.9 Å². The van der Waals surface area contributed by atoms with Gasteiger partial charge in [-0.1, -0.05) is 59.9 Å². The molecule has 1 aliphatic rings. The number of hydrogen-bond donors (Lipinski definition) is 0. The molecule has 0 N–H and O–H groups in total. The van der Waals surface area contributed by atoms with Gasteiger partial charge in [0, 0.05) is 23.3 Å². The van der Waals surface area contributed by atoms with Gasteiger partial charge in [0.15, 0.2) is 10.9 Å². The van der Waals surface area contributed by atoms with Gasteiger partial charge in [-0.15, -0.1) is 0 Å². The fraction of sp³-hybridized carbons (Fsp3) is 0.250. The number of rotatable bonds is 6. The Morgan fingerprint density at radius 3 is 2.41 bits per heavy atom. The van der Waals surface area contributed by atoms with E-state index in [0.717, 1.165) is 35.2 Å². The number of carbonyl (C=O) groups excluding carboxylic acids is 2. The molecule has 1 aromatic heterocycles. The third-order valence-electron chi connectivity index (χ3n) is 6.13. The van der Waals surface area contributed by atoms with Crippen LogP contribution in [-0.4, -0.2) is 35.9 Å². The van der Waals surface area contributed by atoms with Crippen molar-refractivity contribution in [3.8, 4) is 0 Å². The molecule has 6 heteroatoms. The van der Waals surface area contributed by atoms with Crippen molar-refractivity contribution in [2.24, 2.45) is 0 Å². The van der Waals surface area contributed by atoms with Crippen LogP contribution in [0.15, 0.2) is 66.7 Å². The van der Waals surface area contributed by atoms with Crippen LogP contribution in [0.25, 0.3) is 10.2 Å². The standard InChI is InChI=1S/C28H26N2O3S/c1-18-15-19(2)25-24(16-18)34-28(29-25)30(17-23-9-6-14-33-23)27(32)22-12-10-21(11-13-22)26(31)20-7-4-3-5-8-20/h3-5,7-8,10-13,15-16,23H,6,9,14,17H2,1-2H3. The molecule has 172 valence electrons. The van der Waals surface area contributed by atoms with E-state index in [1.54, 1.807) is 41.3 Å². The van der Waals surface area contributed by atoms with Crippen LogP contribution >= 0.6 is 11.3 Å². The Morgan fingerprint density at radius 1 is 1.00 bits per heavy atom. The number of anilines is 1. The van der Waals surface area contributed by atoms with Crippen molar-refractivity contribution < 1.29 is 14.3 Å². The molecule has 0 bridgehead atoms. The summed E-state index contributed by atoms with van der Waals surface area (Å²) in [6.45, 7) is 5.30. The third-order valence-corrected chi connectivity index (χ3v) is 7.16. The van der Waals surface area contributed by atoms with Crippen LogP contribution in [0.1, 0.15) is 50.2 Å². The zero-order valence-electron chi connectivity index (χ0n) is 19.3. The van der Waals surface area contributed by atoms with Crippen LogP contribution in [0.4, 0.5) is 5.13 Å². The predicted molar refractivity (Wildman–Crippen MR) is 136 cm³/mol. The summed E-state index contributed by atoms with van der Waals surface area (Å²) >= 11 is 1.53. The van der Waals surface area contributed by atoms with Crippen LogP contribution in [-0.2, 0) is 4.74 Å². The number of ether oxygens (including phenoxy) is 1. The topological polar surface area (TPSA) is 59.5 Å². The molecule has 1 saturated heterocycles. The Labute approximate surface area is 203 Å². The van der Waals surface area contributed by atoms with Gasteiger partial charge in [-0.05, 0) is 56.0 Å². The molecule has 2 heterocycles. The highest BCUT2D eigenvalue weighted by Crippen LogP contribution is 2.33. The van der Waals surface area contributed by atoms with Crippen molar-refractivity contribution in [3.05, 3.63) is 94.5 Å². The maximum Gasteiger partial charge on any atom is 0.260 e. The number of amides is 1. The van der Waals surface area contributed by atoms with Crippen LogP contribution in [0.3, 0.4) is 0 Å². The monoisotopic (exact) mass is 470 g/mol. The maximum atomic E-state index is 13.7. The van der Waals surface area contributed by atoms with E-state index in [0.29, 0.717) is 28.4 Å². The number of benzene rings is 3. The van der Waals surface area contributed by atoms with E-state index < -0.39 is 0 Å². The molecule has 1 fully saturated rings. The van der Waals surface area contributed by atoms with Crippen molar-refractivity contribution in [2.75, 3.05) is 18.1 Å². The molecule has 4 aromatic rings. The van der Waals surface area contributed by atoms with Crippen molar-refractivity contribution >= 4 is 38.4 Å². The Kier molecular flexibility index (Phi) is 6.26. The second-order valence-electron chi connectivity index (χ2n) is 8.75. The molecule has 5 nitrogen and oxygen atoms in total. The highest BCUT2D eigenvalue weighted by atomic mass is 32.1. The van der Waals surface area contributed by atoms with Crippen molar-refractivity contribution in [2.45, 2.75) is 32.8 Å². The maximum absolute atomic E-state index is 13.7. The number of nitrogens with zero attached hydrogens (tertiary/aromatic N) is 2. The molecule has 1 unspecified atom stereocenters. The van der Waals surface area contributed by atoms with Gasteiger partial charge in [0.2, 0.25) is 0 Å². The minimum absolute atomic E-state index is 0.00210. The first kappa shape index (κ1) is 22.4. The molecule has 0 aliphatic carbocycles. The molecule has 0 saturated carbocycles. The summed E-state index contributed by atoms with van der Waals surface area (Å²) in [6.07, 6.45) is 1.93. The van der Waals surface area contributed by atoms with Crippen molar-refractivity contribution in [1.82, 2.24) is 4.98 Å². The quantitative estimate of drug-likeness (QED) is 0.326. The van der Waals surface area contributed by atoms with Crippen molar-refractivity contribution in [1.29, 1.82) is 0 Å². The zero-order chi connectivity index (χ0) is 23.7. The van der Waals surface area contributed by atoms with Gasteiger partial charge >= 0.3 is 0 Å². The van der Waals surface area contributed by atoms with Crippen LogP contribution in [0.5, 0.6) is 0 Å². The smallest absolute Gasteiger partial charge is 0.260 e. The fourth-order valence-electron chi connectivity index (χ4n) is 4.39. The first-order valence-electron chi connectivity index (χ1n) is 11.5. The zero-order valence-corrected chi connectivity index (χ0v) is 20.1. The fourth-order valence-corrected chi connectivity index (χ4v) is 5.54. The summed E-state index contributed by atoms with van der Waals surface area (Å²) in [5, 5.41) is 0.675. The van der Waals surface area contributed by atoms with E-state index in [2.05, 4.69) is 19.1 Å². The van der Waals surface area contributed by atoms with E-state index in [-0.39, 0.29) is 17.8 Å². The van der Waals surface area contributed by atoms with Gasteiger partial charge in [-0.2, -0.15) is 0 Å². The summed E-state index contributed by atoms with van der Waals surface area (Å²) < 4.78 is 6.92. The Balaban J connectivity index is 1.46. The summed E-state index contributed by atoms with van der Waals surface area (Å²) in [5.41, 5.74) is 4.91. The molecule has 1 aliphatic heterocycles. The lowest BCUT2D eigenvalue weighted by Gasteiger charge is -2.23.